The van der Waals surface area contributed by atoms with Gasteiger partial charge in [-0.2, -0.15) is 0 Å². The summed E-state index contributed by atoms with van der Waals surface area (Å²) in [5, 5.41) is 2.94. The zero-order valence-corrected chi connectivity index (χ0v) is 13.4. The fourth-order valence-corrected chi connectivity index (χ4v) is 2.04. The Morgan fingerprint density at radius 2 is 1.81 bits per heavy atom. The standard InChI is InChI=1S/C17H28N2O2/c1-4-17(18,5-2)13-19-16(20)12-9-14-7-10-15(11-8-14)21-6-3/h7-8,10-11H,4-6,9,12-13,18H2,1-3H3,(H,19,20). The highest BCUT2D eigenvalue weighted by Crippen LogP contribution is 2.13. The molecular formula is C17H28N2O2. The number of nitrogens with two attached hydrogens (primary N) is 1. The number of amides is 1. The topological polar surface area (TPSA) is 64.3 Å². The summed E-state index contributed by atoms with van der Waals surface area (Å²) in [6.45, 7) is 7.27. The average Bonchev–Trinajstić information content (AvgIpc) is 2.52. The third-order valence-corrected chi connectivity index (χ3v) is 3.92. The number of hydrogen-bond acceptors (Lipinski definition) is 3. The van der Waals surface area contributed by atoms with E-state index in [0.717, 1.165) is 30.6 Å². The zero-order valence-electron chi connectivity index (χ0n) is 13.4. The number of rotatable bonds is 9. The van der Waals surface area contributed by atoms with E-state index in [0.29, 0.717) is 19.6 Å². The predicted octanol–water partition coefficient (Wildman–Crippen LogP) is 2.65. The number of nitrogens with one attached hydrogen (secondary N) is 1. The van der Waals surface area contributed by atoms with Crippen molar-refractivity contribution >= 4 is 5.91 Å². The summed E-state index contributed by atoms with van der Waals surface area (Å²) >= 11 is 0. The molecule has 0 unspecified atom stereocenters. The monoisotopic (exact) mass is 292 g/mol. The largest absolute Gasteiger partial charge is 0.494 e. The molecule has 0 radical (unpaired) electrons. The normalized spacial score (nSPS) is 11.2. The van der Waals surface area contributed by atoms with Gasteiger partial charge in [-0.05, 0) is 43.9 Å². The van der Waals surface area contributed by atoms with Crippen LogP contribution in [0, 0.1) is 0 Å². The summed E-state index contributed by atoms with van der Waals surface area (Å²) in [6.07, 6.45) is 2.94. The minimum absolute atomic E-state index is 0.0561. The first-order valence-corrected chi connectivity index (χ1v) is 7.80. The van der Waals surface area contributed by atoms with Crippen molar-refractivity contribution in [3.63, 3.8) is 0 Å². The minimum atomic E-state index is -0.283. The minimum Gasteiger partial charge on any atom is -0.494 e. The van der Waals surface area contributed by atoms with Gasteiger partial charge in [-0.3, -0.25) is 4.79 Å². The van der Waals surface area contributed by atoms with E-state index in [2.05, 4.69) is 19.2 Å². The van der Waals surface area contributed by atoms with Gasteiger partial charge >= 0.3 is 0 Å². The lowest BCUT2D eigenvalue weighted by Gasteiger charge is -2.26. The van der Waals surface area contributed by atoms with Crippen LogP contribution in [0.1, 0.15) is 45.6 Å². The molecule has 0 aliphatic carbocycles. The molecule has 0 bridgehead atoms. The lowest BCUT2D eigenvalue weighted by molar-refractivity contribution is -0.121. The molecule has 118 valence electrons. The Kier molecular flexibility index (Phi) is 7.23. The molecule has 0 aliphatic rings. The first-order valence-electron chi connectivity index (χ1n) is 7.80. The number of hydrogen-bond donors (Lipinski definition) is 2. The molecule has 4 heteroatoms. The van der Waals surface area contributed by atoms with Crippen molar-refractivity contribution in [3.8, 4) is 5.75 Å². The highest BCUT2D eigenvalue weighted by molar-refractivity contribution is 5.76. The molecule has 0 saturated carbocycles. The van der Waals surface area contributed by atoms with E-state index in [4.69, 9.17) is 10.5 Å². The van der Waals surface area contributed by atoms with Gasteiger partial charge in [0, 0.05) is 18.5 Å². The molecule has 0 aliphatic heterocycles. The van der Waals surface area contributed by atoms with Gasteiger partial charge in [-0.25, -0.2) is 0 Å². The van der Waals surface area contributed by atoms with Gasteiger partial charge in [-0.1, -0.05) is 26.0 Å². The van der Waals surface area contributed by atoms with Crippen molar-refractivity contribution in [1.82, 2.24) is 5.32 Å². The molecule has 0 atom stereocenters. The second-order valence-corrected chi connectivity index (χ2v) is 5.42. The lowest BCUT2D eigenvalue weighted by atomic mass is 9.94. The summed E-state index contributed by atoms with van der Waals surface area (Å²) in [5.41, 5.74) is 7.02. The molecule has 0 fully saturated rings. The van der Waals surface area contributed by atoms with Crippen LogP contribution in [0.5, 0.6) is 5.75 Å². The molecule has 1 aromatic rings. The van der Waals surface area contributed by atoms with E-state index in [-0.39, 0.29) is 11.4 Å². The molecule has 1 aromatic carbocycles. The Labute approximate surface area is 128 Å². The van der Waals surface area contributed by atoms with Crippen LogP contribution in [0.3, 0.4) is 0 Å². The van der Waals surface area contributed by atoms with Crippen molar-refractivity contribution in [1.29, 1.82) is 0 Å². The van der Waals surface area contributed by atoms with Crippen LogP contribution in [-0.4, -0.2) is 24.6 Å². The van der Waals surface area contributed by atoms with Crippen molar-refractivity contribution in [2.45, 2.75) is 52.0 Å². The second kappa shape index (κ2) is 8.67. The number of carbonyl (C=O) groups excluding carboxylic acids is 1. The molecule has 1 rings (SSSR count). The van der Waals surface area contributed by atoms with Crippen LogP contribution in [-0.2, 0) is 11.2 Å². The van der Waals surface area contributed by atoms with Crippen LogP contribution in [0.4, 0.5) is 0 Å². The van der Waals surface area contributed by atoms with Crippen LogP contribution in [0.25, 0.3) is 0 Å². The molecule has 0 spiro atoms. The summed E-state index contributed by atoms with van der Waals surface area (Å²) < 4.78 is 5.39. The first-order chi connectivity index (χ1) is 10.0. The van der Waals surface area contributed by atoms with E-state index in [1.165, 1.54) is 0 Å². The molecule has 3 N–H and O–H groups in total. The second-order valence-electron chi connectivity index (χ2n) is 5.42. The maximum absolute atomic E-state index is 11.9. The molecule has 0 heterocycles. The van der Waals surface area contributed by atoms with E-state index < -0.39 is 0 Å². The van der Waals surface area contributed by atoms with Gasteiger partial charge in [0.25, 0.3) is 0 Å². The van der Waals surface area contributed by atoms with Gasteiger partial charge < -0.3 is 15.8 Å². The van der Waals surface area contributed by atoms with E-state index in [9.17, 15) is 4.79 Å². The Bertz CT molecular complexity index is 425. The highest BCUT2D eigenvalue weighted by atomic mass is 16.5. The van der Waals surface area contributed by atoms with Crippen LogP contribution in [0.2, 0.25) is 0 Å². The summed E-state index contributed by atoms with van der Waals surface area (Å²) in [4.78, 5) is 11.9. The van der Waals surface area contributed by atoms with E-state index in [1.54, 1.807) is 0 Å². The molecule has 1 amide bonds. The molecule has 4 nitrogen and oxygen atoms in total. The third-order valence-electron chi connectivity index (χ3n) is 3.92. The van der Waals surface area contributed by atoms with Crippen molar-refractivity contribution < 1.29 is 9.53 Å². The highest BCUT2D eigenvalue weighted by Gasteiger charge is 2.20. The van der Waals surface area contributed by atoms with E-state index in [1.807, 2.05) is 31.2 Å². The van der Waals surface area contributed by atoms with Crippen molar-refractivity contribution in [2.75, 3.05) is 13.2 Å². The fourth-order valence-electron chi connectivity index (χ4n) is 2.04. The SMILES string of the molecule is CCOc1ccc(CCC(=O)NCC(N)(CC)CC)cc1. The molecular weight excluding hydrogens is 264 g/mol. The Morgan fingerprint density at radius 3 is 2.33 bits per heavy atom. The number of carbonyl (C=O) groups is 1. The summed E-state index contributed by atoms with van der Waals surface area (Å²) in [7, 11) is 0. The zero-order chi connectivity index (χ0) is 15.7. The van der Waals surface area contributed by atoms with Crippen molar-refractivity contribution in [2.24, 2.45) is 5.73 Å². The van der Waals surface area contributed by atoms with Gasteiger partial charge in [0.15, 0.2) is 0 Å². The quantitative estimate of drug-likeness (QED) is 0.735. The smallest absolute Gasteiger partial charge is 0.220 e. The van der Waals surface area contributed by atoms with Gasteiger partial charge in [0.2, 0.25) is 5.91 Å². The third kappa shape index (κ3) is 6.17. The summed E-state index contributed by atoms with van der Waals surface area (Å²) in [6, 6.07) is 7.89. The Hall–Kier alpha value is -1.55. The predicted molar refractivity (Wildman–Crippen MR) is 86.4 cm³/mol. The molecule has 0 saturated heterocycles. The Balaban J connectivity index is 2.35. The first kappa shape index (κ1) is 17.5. The van der Waals surface area contributed by atoms with Gasteiger partial charge in [-0.15, -0.1) is 0 Å². The van der Waals surface area contributed by atoms with Gasteiger partial charge in [0.1, 0.15) is 5.75 Å². The van der Waals surface area contributed by atoms with Crippen LogP contribution >= 0.6 is 0 Å². The maximum Gasteiger partial charge on any atom is 0.220 e. The van der Waals surface area contributed by atoms with Gasteiger partial charge in [0.05, 0.1) is 6.61 Å². The summed E-state index contributed by atoms with van der Waals surface area (Å²) in [5.74, 6) is 0.921. The number of ether oxygens (including phenoxy) is 1. The lowest BCUT2D eigenvalue weighted by Crippen LogP contribution is -2.49. The van der Waals surface area contributed by atoms with E-state index >= 15 is 0 Å². The van der Waals surface area contributed by atoms with Crippen molar-refractivity contribution in [3.05, 3.63) is 29.8 Å². The fraction of sp³-hybridized carbons (Fsp3) is 0.588. The number of aryl methyl sites for hydroxylation is 1. The maximum atomic E-state index is 11.9. The average molecular weight is 292 g/mol. The molecule has 21 heavy (non-hydrogen) atoms. The Morgan fingerprint density at radius 1 is 1.19 bits per heavy atom. The number of benzene rings is 1. The molecule has 0 aromatic heterocycles. The van der Waals surface area contributed by atoms with Crippen LogP contribution < -0.4 is 15.8 Å². The van der Waals surface area contributed by atoms with Crippen LogP contribution in [0.15, 0.2) is 24.3 Å².